The lowest BCUT2D eigenvalue weighted by Crippen LogP contribution is -2.33. The van der Waals surface area contributed by atoms with Crippen molar-refractivity contribution in [3.8, 4) is 5.75 Å². The molecule has 0 bridgehead atoms. The Bertz CT molecular complexity index is 374. The molecule has 0 radical (unpaired) electrons. The van der Waals surface area contributed by atoms with Crippen LogP contribution in [-0.4, -0.2) is 24.2 Å². The molecule has 2 atom stereocenters. The molecule has 1 aliphatic heterocycles. The minimum absolute atomic E-state index is 0.171. The van der Waals surface area contributed by atoms with Crippen LogP contribution in [0, 0.1) is 0 Å². The van der Waals surface area contributed by atoms with E-state index in [1.165, 1.54) is 7.11 Å². The monoisotopic (exact) mass is 221 g/mol. The maximum Gasteiger partial charge on any atom is 0.322 e. The van der Waals surface area contributed by atoms with E-state index in [0.717, 1.165) is 18.4 Å². The molecule has 0 amide bonds. The number of methoxy groups -OCH3 is 1. The van der Waals surface area contributed by atoms with Gasteiger partial charge in [0.15, 0.2) is 0 Å². The van der Waals surface area contributed by atoms with E-state index in [4.69, 9.17) is 4.74 Å². The highest BCUT2D eigenvalue weighted by atomic mass is 16.5. The van der Waals surface area contributed by atoms with Crippen LogP contribution in [0.15, 0.2) is 24.3 Å². The van der Waals surface area contributed by atoms with Crippen LogP contribution in [0.25, 0.3) is 0 Å². The number of rotatable bonds is 2. The molecule has 1 saturated heterocycles. The van der Waals surface area contributed by atoms with Crippen molar-refractivity contribution in [3.63, 3.8) is 0 Å². The summed E-state index contributed by atoms with van der Waals surface area (Å²) in [5, 5.41) is 12.4. The summed E-state index contributed by atoms with van der Waals surface area (Å²) in [6.45, 7) is 0. The van der Waals surface area contributed by atoms with E-state index in [-0.39, 0.29) is 23.8 Å². The number of hydrogen-bond acceptors (Lipinski definition) is 4. The zero-order chi connectivity index (χ0) is 11.5. The second-order valence-corrected chi connectivity index (χ2v) is 3.96. The first-order chi connectivity index (χ1) is 7.70. The Labute approximate surface area is 94.2 Å². The molecule has 0 aromatic heterocycles. The number of phenolic OH excluding ortho intramolecular Hbond substituents is 1. The summed E-state index contributed by atoms with van der Waals surface area (Å²) < 4.78 is 4.70. The van der Waals surface area contributed by atoms with Crippen LogP contribution >= 0.6 is 0 Å². The van der Waals surface area contributed by atoms with Crippen molar-refractivity contribution in [3.05, 3.63) is 29.8 Å². The van der Waals surface area contributed by atoms with Crippen molar-refractivity contribution in [2.75, 3.05) is 7.11 Å². The van der Waals surface area contributed by atoms with Crippen LogP contribution in [-0.2, 0) is 9.53 Å². The molecule has 1 fully saturated rings. The summed E-state index contributed by atoms with van der Waals surface area (Å²) in [6.07, 6.45) is 1.70. The Morgan fingerprint density at radius 2 is 2.06 bits per heavy atom. The number of phenols is 1. The predicted octanol–water partition coefficient (Wildman–Crippen LogP) is 1.36. The molecule has 4 nitrogen and oxygen atoms in total. The van der Waals surface area contributed by atoms with Crippen LogP contribution in [0.4, 0.5) is 0 Å². The minimum atomic E-state index is -0.207. The third-order valence-corrected chi connectivity index (χ3v) is 2.93. The van der Waals surface area contributed by atoms with Gasteiger partial charge in [0.2, 0.25) is 0 Å². The molecule has 1 aromatic carbocycles. The molecule has 86 valence electrons. The quantitative estimate of drug-likeness (QED) is 0.740. The normalized spacial score (nSPS) is 24.3. The first-order valence-corrected chi connectivity index (χ1v) is 5.33. The Morgan fingerprint density at radius 1 is 1.38 bits per heavy atom. The zero-order valence-electron chi connectivity index (χ0n) is 9.14. The summed E-state index contributed by atoms with van der Waals surface area (Å²) in [7, 11) is 1.40. The molecule has 1 heterocycles. The average molecular weight is 221 g/mol. The van der Waals surface area contributed by atoms with Gasteiger partial charge < -0.3 is 9.84 Å². The third-order valence-electron chi connectivity index (χ3n) is 2.93. The molecule has 2 rings (SSSR count). The van der Waals surface area contributed by atoms with Gasteiger partial charge in [-0.15, -0.1) is 0 Å². The first-order valence-electron chi connectivity index (χ1n) is 5.33. The molecular weight excluding hydrogens is 206 g/mol. The smallest absolute Gasteiger partial charge is 0.322 e. The Kier molecular flexibility index (Phi) is 3.10. The van der Waals surface area contributed by atoms with E-state index < -0.39 is 0 Å². The molecule has 1 aliphatic rings. The molecule has 0 spiro atoms. The van der Waals surface area contributed by atoms with Gasteiger partial charge in [0, 0.05) is 6.04 Å². The van der Waals surface area contributed by atoms with E-state index in [9.17, 15) is 9.90 Å². The van der Waals surface area contributed by atoms with E-state index in [1.54, 1.807) is 12.1 Å². The molecule has 4 heteroatoms. The maximum atomic E-state index is 11.3. The number of benzene rings is 1. The van der Waals surface area contributed by atoms with Crippen LogP contribution in [0.2, 0.25) is 0 Å². The number of carbonyl (C=O) groups excluding carboxylic acids is 1. The van der Waals surface area contributed by atoms with Gasteiger partial charge in [0.05, 0.1) is 7.11 Å². The second-order valence-electron chi connectivity index (χ2n) is 3.96. The van der Waals surface area contributed by atoms with Gasteiger partial charge in [-0.25, -0.2) is 0 Å². The fraction of sp³-hybridized carbons (Fsp3) is 0.417. The Morgan fingerprint density at radius 3 is 2.69 bits per heavy atom. The highest BCUT2D eigenvalue weighted by Gasteiger charge is 2.30. The standard InChI is InChI=1S/C12H15NO3/c1-16-12(15)11-7-6-10(13-11)8-2-4-9(14)5-3-8/h2-5,10-11,13-14H,6-7H2,1H3. The Hall–Kier alpha value is -1.55. The van der Waals surface area contributed by atoms with Crippen molar-refractivity contribution in [2.24, 2.45) is 0 Å². The fourth-order valence-electron chi connectivity index (χ4n) is 2.04. The zero-order valence-corrected chi connectivity index (χ0v) is 9.14. The van der Waals surface area contributed by atoms with Gasteiger partial charge in [-0.3, -0.25) is 10.1 Å². The highest BCUT2D eigenvalue weighted by Crippen LogP contribution is 2.27. The molecular formula is C12H15NO3. The molecule has 16 heavy (non-hydrogen) atoms. The summed E-state index contributed by atoms with van der Waals surface area (Å²) in [4.78, 5) is 11.3. The van der Waals surface area contributed by atoms with Gasteiger partial charge >= 0.3 is 5.97 Å². The lowest BCUT2D eigenvalue weighted by Gasteiger charge is -2.13. The summed E-state index contributed by atoms with van der Waals surface area (Å²) >= 11 is 0. The SMILES string of the molecule is COC(=O)C1CCC(c2ccc(O)cc2)N1. The lowest BCUT2D eigenvalue weighted by atomic mass is 10.1. The number of esters is 1. The van der Waals surface area contributed by atoms with Crippen LogP contribution in [0.5, 0.6) is 5.75 Å². The summed E-state index contributed by atoms with van der Waals surface area (Å²) in [5.41, 5.74) is 1.09. The maximum absolute atomic E-state index is 11.3. The average Bonchev–Trinajstić information content (AvgIpc) is 2.78. The van der Waals surface area contributed by atoms with E-state index in [0.29, 0.717) is 0 Å². The van der Waals surface area contributed by atoms with E-state index in [2.05, 4.69) is 5.32 Å². The Balaban J connectivity index is 2.03. The van der Waals surface area contributed by atoms with Gasteiger partial charge in [-0.1, -0.05) is 12.1 Å². The molecule has 1 aromatic rings. The molecule has 0 aliphatic carbocycles. The number of nitrogens with one attached hydrogen (secondary N) is 1. The van der Waals surface area contributed by atoms with E-state index in [1.807, 2.05) is 12.1 Å². The lowest BCUT2D eigenvalue weighted by molar-refractivity contribution is -0.142. The summed E-state index contributed by atoms with van der Waals surface area (Å²) in [6, 6.07) is 7.01. The topological polar surface area (TPSA) is 58.6 Å². The van der Waals surface area contributed by atoms with Gasteiger partial charge in [0.25, 0.3) is 0 Å². The van der Waals surface area contributed by atoms with Crippen molar-refractivity contribution in [1.82, 2.24) is 5.32 Å². The largest absolute Gasteiger partial charge is 0.508 e. The van der Waals surface area contributed by atoms with Gasteiger partial charge in [-0.05, 0) is 30.5 Å². The van der Waals surface area contributed by atoms with Crippen molar-refractivity contribution in [1.29, 1.82) is 0 Å². The van der Waals surface area contributed by atoms with Crippen molar-refractivity contribution < 1.29 is 14.6 Å². The fourth-order valence-corrected chi connectivity index (χ4v) is 2.04. The number of aromatic hydroxyl groups is 1. The van der Waals surface area contributed by atoms with Crippen LogP contribution < -0.4 is 5.32 Å². The highest BCUT2D eigenvalue weighted by molar-refractivity contribution is 5.76. The van der Waals surface area contributed by atoms with Crippen molar-refractivity contribution in [2.45, 2.75) is 24.9 Å². The minimum Gasteiger partial charge on any atom is -0.508 e. The number of ether oxygens (including phenoxy) is 1. The van der Waals surface area contributed by atoms with Crippen LogP contribution in [0.3, 0.4) is 0 Å². The predicted molar refractivity (Wildman–Crippen MR) is 59.0 cm³/mol. The number of carbonyl (C=O) groups is 1. The third kappa shape index (κ3) is 2.17. The first kappa shape index (κ1) is 11.0. The molecule has 2 unspecified atom stereocenters. The second kappa shape index (κ2) is 4.53. The molecule has 0 saturated carbocycles. The van der Waals surface area contributed by atoms with Crippen molar-refractivity contribution >= 4 is 5.97 Å². The van der Waals surface area contributed by atoms with Crippen LogP contribution in [0.1, 0.15) is 24.4 Å². The summed E-state index contributed by atoms with van der Waals surface area (Å²) in [5.74, 6) is 0.0487. The number of hydrogen-bond donors (Lipinski definition) is 2. The van der Waals surface area contributed by atoms with E-state index >= 15 is 0 Å². The van der Waals surface area contributed by atoms with Gasteiger partial charge in [-0.2, -0.15) is 0 Å². The van der Waals surface area contributed by atoms with Gasteiger partial charge in [0.1, 0.15) is 11.8 Å². The molecule has 2 N–H and O–H groups in total.